The molecule has 3 saturated carbocycles. The van der Waals surface area contributed by atoms with E-state index in [1.807, 2.05) is 12.2 Å². The van der Waals surface area contributed by atoms with Crippen molar-refractivity contribution in [1.82, 2.24) is 0 Å². The highest BCUT2D eigenvalue weighted by Crippen LogP contribution is 2.67. The van der Waals surface area contributed by atoms with Crippen LogP contribution in [-0.4, -0.2) is 23.3 Å². The van der Waals surface area contributed by atoms with Crippen LogP contribution in [0.4, 0.5) is 0 Å². The summed E-state index contributed by atoms with van der Waals surface area (Å²) in [5.74, 6) is 4.43. The van der Waals surface area contributed by atoms with Crippen LogP contribution in [0, 0.1) is 40.4 Å². The van der Waals surface area contributed by atoms with Crippen LogP contribution in [-0.2, 0) is 9.53 Å². The summed E-state index contributed by atoms with van der Waals surface area (Å²) in [5.41, 5.74) is 2.49. The SMILES string of the molecule is CCCCCC(O)C=CC=CCCCCCCCC(=O)OC1CCC2(C)C(=CCC3C2CCC2(C)C(C(C)CCCCC)CCC32)C1. The van der Waals surface area contributed by atoms with Crippen molar-refractivity contribution < 1.29 is 14.6 Å². The van der Waals surface area contributed by atoms with Gasteiger partial charge in [-0.3, -0.25) is 4.79 Å². The van der Waals surface area contributed by atoms with Crippen LogP contribution in [0.5, 0.6) is 0 Å². The maximum atomic E-state index is 12.8. The number of rotatable bonds is 20. The van der Waals surface area contributed by atoms with Gasteiger partial charge >= 0.3 is 5.97 Å². The maximum Gasteiger partial charge on any atom is 0.306 e. The van der Waals surface area contributed by atoms with Gasteiger partial charge in [-0.05, 0) is 111 Å². The fourth-order valence-electron chi connectivity index (χ4n) is 11.0. The Morgan fingerprint density at radius 3 is 2.43 bits per heavy atom. The van der Waals surface area contributed by atoms with E-state index in [2.05, 4.69) is 52.8 Å². The van der Waals surface area contributed by atoms with Crippen LogP contribution in [0.2, 0.25) is 0 Å². The molecule has 0 aromatic carbocycles. The Balaban J connectivity index is 1.12. The summed E-state index contributed by atoms with van der Waals surface area (Å²) in [6.45, 7) is 12.4. The lowest BCUT2D eigenvalue weighted by atomic mass is 9.47. The largest absolute Gasteiger partial charge is 0.462 e. The number of ether oxygens (including phenoxy) is 1. The minimum Gasteiger partial charge on any atom is -0.462 e. The fraction of sp³-hybridized carbons (Fsp3) is 0.841. The van der Waals surface area contributed by atoms with Crippen LogP contribution in [0.25, 0.3) is 0 Å². The van der Waals surface area contributed by atoms with Gasteiger partial charge in [0, 0.05) is 12.8 Å². The van der Waals surface area contributed by atoms with E-state index in [1.54, 1.807) is 5.57 Å². The number of allylic oxidation sites excluding steroid dienone is 4. The Bertz CT molecular complexity index is 1030. The van der Waals surface area contributed by atoms with Crippen LogP contribution in [0.3, 0.4) is 0 Å². The second kappa shape index (κ2) is 19.2. The van der Waals surface area contributed by atoms with Crippen LogP contribution >= 0.6 is 0 Å². The summed E-state index contributed by atoms with van der Waals surface area (Å²) in [5, 5.41) is 9.94. The molecular weight excluding hydrogens is 576 g/mol. The molecule has 9 atom stereocenters. The van der Waals surface area contributed by atoms with Crippen molar-refractivity contribution in [3.63, 3.8) is 0 Å². The number of esters is 1. The molecule has 3 nitrogen and oxygen atoms in total. The van der Waals surface area contributed by atoms with Crippen molar-refractivity contribution in [1.29, 1.82) is 0 Å². The molecule has 3 fully saturated rings. The molecule has 268 valence electrons. The van der Waals surface area contributed by atoms with Gasteiger partial charge in [-0.2, -0.15) is 0 Å². The van der Waals surface area contributed by atoms with E-state index in [0.29, 0.717) is 17.3 Å². The van der Waals surface area contributed by atoms with Gasteiger partial charge in [0.05, 0.1) is 6.10 Å². The van der Waals surface area contributed by atoms with E-state index >= 15 is 0 Å². The first-order valence-corrected chi connectivity index (χ1v) is 20.6. The minimum absolute atomic E-state index is 0.0259. The lowest BCUT2D eigenvalue weighted by Gasteiger charge is -2.58. The Labute approximate surface area is 290 Å². The number of carbonyl (C=O) groups excluding carboxylic acids is 1. The van der Waals surface area contributed by atoms with Crippen molar-refractivity contribution >= 4 is 5.97 Å². The normalized spacial score (nSPS) is 33.3. The monoisotopic (exact) mass is 651 g/mol. The van der Waals surface area contributed by atoms with Gasteiger partial charge in [-0.25, -0.2) is 0 Å². The first-order valence-electron chi connectivity index (χ1n) is 20.6. The second-order valence-electron chi connectivity index (χ2n) is 17.0. The Hall–Kier alpha value is -1.35. The summed E-state index contributed by atoms with van der Waals surface area (Å²) < 4.78 is 6.10. The van der Waals surface area contributed by atoms with Crippen LogP contribution < -0.4 is 0 Å². The van der Waals surface area contributed by atoms with Crippen molar-refractivity contribution in [2.75, 3.05) is 0 Å². The number of hydrogen-bond donors (Lipinski definition) is 1. The van der Waals surface area contributed by atoms with E-state index in [-0.39, 0.29) is 18.2 Å². The molecule has 0 radical (unpaired) electrons. The average Bonchev–Trinajstić information content (AvgIpc) is 3.41. The maximum absolute atomic E-state index is 12.8. The van der Waals surface area contributed by atoms with E-state index in [4.69, 9.17) is 4.74 Å². The molecule has 0 aromatic heterocycles. The van der Waals surface area contributed by atoms with Gasteiger partial charge in [-0.15, -0.1) is 0 Å². The Morgan fingerprint density at radius 2 is 1.64 bits per heavy atom. The van der Waals surface area contributed by atoms with E-state index in [9.17, 15) is 9.90 Å². The molecule has 47 heavy (non-hydrogen) atoms. The molecule has 0 heterocycles. The van der Waals surface area contributed by atoms with Crippen molar-refractivity contribution in [3.05, 3.63) is 36.0 Å². The van der Waals surface area contributed by atoms with Crippen molar-refractivity contribution in [2.45, 2.75) is 195 Å². The van der Waals surface area contributed by atoms with Crippen molar-refractivity contribution in [2.24, 2.45) is 40.4 Å². The Morgan fingerprint density at radius 1 is 0.894 bits per heavy atom. The van der Waals surface area contributed by atoms with Gasteiger partial charge < -0.3 is 9.84 Å². The van der Waals surface area contributed by atoms with Crippen LogP contribution in [0.1, 0.15) is 182 Å². The molecule has 4 rings (SSSR count). The highest BCUT2D eigenvalue weighted by atomic mass is 16.5. The second-order valence-corrected chi connectivity index (χ2v) is 17.0. The first kappa shape index (κ1) is 38.5. The van der Waals surface area contributed by atoms with Gasteiger partial charge in [0.1, 0.15) is 6.10 Å². The number of carbonyl (C=O) groups is 1. The number of hydrogen-bond acceptors (Lipinski definition) is 3. The van der Waals surface area contributed by atoms with Gasteiger partial charge in [0.25, 0.3) is 0 Å². The number of unbranched alkanes of at least 4 members (excludes halogenated alkanes) is 9. The summed E-state index contributed by atoms with van der Waals surface area (Å²) in [4.78, 5) is 12.8. The number of aliphatic hydroxyl groups is 1. The van der Waals surface area contributed by atoms with Gasteiger partial charge in [-0.1, -0.05) is 135 Å². The third-order valence-electron chi connectivity index (χ3n) is 13.8. The molecule has 3 heteroatoms. The lowest BCUT2D eigenvalue weighted by Crippen LogP contribution is -2.51. The third-order valence-corrected chi connectivity index (χ3v) is 13.8. The highest BCUT2D eigenvalue weighted by Gasteiger charge is 2.59. The Kier molecular flexibility index (Phi) is 15.7. The molecule has 0 bridgehead atoms. The quantitative estimate of drug-likeness (QED) is 0.0617. The summed E-state index contributed by atoms with van der Waals surface area (Å²) in [7, 11) is 0. The smallest absolute Gasteiger partial charge is 0.306 e. The van der Waals surface area contributed by atoms with E-state index in [1.165, 1.54) is 96.3 Å². The molecule has 0 amide bonds. The van der Waals surface area contributed by atoms with E-state index < -0.39 is 0 Å². The average molecular weight is 651 g/mol. The highest BCUT2D eigenvalue weighted by molar-refractivity contribution is 5.69. The first-order chi connectivity index (χ1) is 22.7. The molecule has 9 unspecified atom stereocenters. The summed E-state index contributed by atoms with van der Waals surface area (Å²) in [6.07, 6.45) is 38.0. The fourth-order valence-corrected chi connectivity index (χ4v) is 11.0. The molecule has 0 spiro atoms. The molecule has 0 aromatic rings. The standard InChI is InChI=1S/C44H74O3/c1-6-8-17-21-34(3)39-27-28-40-38-26-25-35-33-37(29-31-43(35,4)41(38)30-32-44(39,40)5)47-42(46)24-20-16-14-12-10-11-13-15-19-23-36(45)22-18-9-7-2/h13,15,19,23,25,34,36-41,45H,6-12,14,16-18,20-22,24,26-33H2,1-5H3. The zero-order chi connectivity index (χ0) is 33.7. The molecule has 4 aliphatic rings. The zero-order valence-electron chi connectivity index (χ0n) is 31.5. The predicted molar refractivity (Wildman–Crippen MR) is 199 cm³/mol. The summed E-state index contributed by atoms with van der Waals surface area (Å²) >= 11 is 0. The van der Waals surface area contributed by atoms with E-state index in [0.717, 1.165) is 74.5 Å². The zero-order valence-corrected chi connectivity index (χ0v) is 31.5. The van der Waals surface area contributed by atoms with Gasteiger partial charge in [0.15, 0.2) is 0 Å². The predicted octanol–water partition coefficient (Wildman–Crippen LogP) is 12.5. The lowest BCUT2D eigenvalue weighted by molar-refractivity contribution is -0.151. The number of aliphatic hydroxyl groups excluding tert-OH is 1. The van der Waals surface area contributed by atoms with Crippen LogP contribution in [0.15, 0.2) is 36.0 Å². The van der Waals surface area contributed by atoms with Crippen molar-refractivity contribution in [3.8, 4) is 0 Å². The topological polar surface area (TPSA) is 46.5 Å². The summed E-state index contributed by atoms with van der Waals surface area (Å²) in [6, 6.07) is 0. The van der Waals surface area contributed by atoms with Gasteiger partial charge in [0.2, 0.25) is 0 Å². The molecule has 0 saturated heterocycles. The number of fused-ring (bicyclic) bond motifs is 5. The minimum atomic E-state index is -0.310. The molecule has 1 N–H and O–H groups in total. The molecule has 4 aliphatic carbocycles. The molecule has 0 aliphatic heterocycles. The molecular formula is C44H74O3. The third kappa shape index (κ3) is 10.3.